The van der Waals surface area contributed by atoms with E-state index in [0.29, 0.717) is 24.4 Å². The van der Waals surface area contributed by atoms with Gasteiger partial charge in [-0.05, 0) is 68.3 Å². The Morgan fingerprint density at radius 3 is 2.46 bits per heavy atom. The molecule has 1 heterocycles. The fourth-order valence-corrected chi connectivity index (χ4v) is 3.17. The highest BCUT2D eigenvalue weighted by Gasteiger charge is 2.35. The Labute approximate surface area is 164 Å². The minimum Gasteiger partial charge on any atom is -0.462 e. The first-order valence-electron chi connectivity index (χ1n) is 9.34. The van der Waals surface area contributed by atoms with E-state index in [4.69, 9.17) is 4.74 Å². The summed E-state index contributed by atoms with van der Waals surface area (Å²) in [4.78, 5) is 38.4. The van der Waals surface area contributed by atoms with Crippen LogP contribution in [-0.4, -0.2) is 30.9 Å². The number of ether oxygens (including phenoxy) is 1. The number of carbonyl (C=O) groups is 3. The summed E-state index contributed by atoms with van der Waals surface area (Å²) in [7, 11) is 0. The minimum atomic E-state index is -0.418. The molecule has 1 saturated heterocycles. The van der Waals surface area contributed by atoms with Gasteiger partial charge in [0.15, 0.2) is 0 Å². The number of rotatable bonds is 5. The molecule has 0 aliphatic carbocycles. The molecular formula is C22H24N2O4. The van der Waals surface area contributed by atoms with Gasteiger partial charge in [0.1, 0.15) is 0 Å². The predicted octanol–water partition coefficient (Wildman–Crippen LogP) is 3.47. The van der Waals surface area contributed by atoms with Gasteiger partial charge in [0.25, 0.3) is 0 Å². The highest BCUT2D eigenvalue weighted by molar-refractivity contribution is 6.03. The van der Waals surface area contributed by atoms with Crippen molar-refractivity contribution >= 4 is 29.2 Å². The average Bonchev–Trinajstić information content (AvgIpc) is 3.06. The third-order valence-electron chi connectivity index (χ3n) is 4.96. The molecule has 28 heavy (non-hydrogen) atoms. The zero-order valence-electron chi connectivity index (χ0n) is 16.3. The number of anilines is 2. The monoisotopic (exact) mass is 380 g/mol. The first kappa shape index (κ1) is 19.6. The van der Waals surface area contributed by atoms with Gasteiger partial charge < -0.3 is 15.0 Å². The first-order chi connectivity index (χ1) is 13.4. The fraction of sp³-hybridized carbons (Fsp3) is 0.318. The van der Waals surface area contributed by atoms with E-state index in [1.807, 2.05) is 32.0 Å². The predicted molar refractivity (Wildman–Crippen MR) is 107 cm³/mol. The van der Waals surface area contributed by atoms with Gasteiger partial charge in [-0.25, -0.2) is 4.79 Å². The molecule has 0 bridgehead atoms. The maximum absolute atomic E-state index is 12.6. The van der Waals surface area contributed by atoms with E-state index in [0.717, 1.165) is 16.8 Å². The zero-order valence-corrected chi connectivity index (χ0v) is 16.3. The Morgan fingerprint density at radius 2 is 1.82 bits per heavy atom. The lowest BCUT2D eigenvalue weighted by Gasteiger charge is -2.18. The molecular weight excluding hydrogens is 356 g/mol. The van der Waals surface area contributed by atoms with Crippen LogP contribution in [0.1, 0.15) is 34.8 Å². The Morgan fingerprint density at radius 1 is 1.11 bits per heavy atom. The number of esters is 1. The van der Waals surface area contributed by atoms with Crippen LogP contribution < -0.4 is 10.2 Å². The van der Waals surface area contributed by atoms with Crippen LogP contribution in [-0.2, 0) is 14.3 Å². The van der Waals surface area contributed by atoms with Crippen LogP contribution in [0.5, 0.6) is 0 Å². The third kappa shape index (κ3) is 4.22. The van der Waals surface area contributed by atoms with Gasteiger partial charge in [0.05, 0.1) is 18.1 Å². The number of nitrogens with zero attached hydrogens (tertiary/aromatic N) is 1. The molecule has 2 aromatic carbocycles. The van der Waals surface area contributed by atoms with Crippen molar-refractivity contribution < 1.29 is 19.1 Å². The summed E-state index contributed by atoms with van der Waals surface area (Å²) >= 11 is 0. The third-order valence-corrected chi connectivity index (χ3v) is 4.96. The molecule has 0 saturated carbocycles. The molecule has 6 heteroatoms. The summed E-state index contributed by atoms with van der Waals surface area (Å²) in [6, 6.07) is 12.4. The van der Waals surface area contributed by atoms with Gasteiger partial charge in [-0.1, -0.05) is 6.07 Å². The van der Waals surface area contributed by atoms with Gasteiger partial charge in [0.2, 0.25) is 11.8 Å². The van der Waals surface area contributed by atoms with E-state index in [9.17, 15) is 14.4 Å². The second kappa shape index (κ2) is 8.25. The first-order valence-corrected chi connectivity index (χ1v) is 9.34. The number of carbonyl (C=O) groups excluding carboxylic acids is 3. The summed E-state index contributed by atoms with van der Waals surface area (Å²) < 4.78 is 4.94. The zero-order chi connectivity index (χ0) is 20.3. The number of hydrogen-bond acceptors (Lipinski definition) is 4. The average molecular weight is 380 g/mol. The molecule has 1 aliphatic rings. The topological polar surface area (TPSA) is 75.7 Å². The Balaban J connectivity index is 1.64. The molecule has 2 amide bonds. The molecule has 1 atom stereocenters. The summed E-state index contributed by atoms with van der Waals surface area (Å²) in [6.45, 7) is 6.44. The standard InChI is InChI=1S/C22H24N2O4/c1-4-28-22(27)16-6-8-18(9-7-16)23-21(26)17-12-20(25)24(13-17)19-10-5-14(2)15(3)11-19/h5-11,17H,4,12-13H2,1-3H3,(H,23,26)/t17-/m0/s1. The molecule has 0 unspecified atom stereocenters. The van der Waals surface area contributed by atoms with Gasteiger partial charge in [-0.15, -0.1) is 0 Å². The van der Waals surface area contributed by atoms with Crippen molar-refractivity contribution in [2.45, 2.75) is 27.2 Å². The van der Waals surface area contributed by atoms with Crippen molar-refractivity contribution in [2.75, 3.05) is 23.4 Å². The lowest BCUT2D eigenvalue weighted by molar-refractivity contribution is -0.122. The lowest BCUT2D eigenvalue weighted by atomic mass is 10.1. The smallest absolute Gasteiger partial charge is 0.338 e. The van der Waals surface area contributed by atoms with E-state index in [1.54, 1.807) is 36.1 Å². The molecule has 6 nitrogen and oxygen atoms in total. The van der Waals surface area contributed by atoms with Crippen LogP contribution >= 0.6 is 0 Å². The Bertz CT molecular complexity index is 905. The van der Waals surface area contributed by atoms with E-state index in [1.165, 1.54) is 0 Å². The Hall–Kier alpha value is -3.15. The molecule has 2 aromatic rings. The van der Waals surface area contributed by atoms with Crippen molar-refractivity contribution in [3.8, 4) is 0 Å². The summed E-state index contributed by atoms with van der Waals surface area (Å²) in [5.41, 5.74) is 4.10. The highest BCUT2D eigenvalue weighted by Crippen LogP contribution is 2.27. The molecule has 3 rings (SSSR count). The molecule has 0 aromatic heterocycles. The summed E-state index contributed by atoms with van der Waals surface area (Å²) in [5.74, 6) is -1.07. The van der Waals surface area contributed by atoms with Crippen molar-refractivity contribution in [2.24, 2.45) is 5.92 Å². The lowest BCUT2D eigenvalue weighted by Crippen LogP contribution is -2.28. The van der Waals surface area contributed by atoms with E-state index < -0.39 is 11.9 Å². The maximum atomic E-state index is 12.6. The van der Waals surface area contributed by atoms with Gasteiger partial charge in [-0.2, -0.15) is 0 Å². The van der Waals surface area contributed by atoms with E-state index in [-0.39, 0.29) is 18.2 Å². The van der Waals surface area contributed by atoms with Crippen molar-refractivity contribution in [1.82, 2.24) is 0 Å². The maximum Gasteiger partial charge on any atom is 0.338 e. The van der Waals surface area contributed by atoms with E-state index in [2.05, 4.69) is 5.32 Å². The van der Waals surface area contributed by atoms with Crippen LogP contribution in [0.4, 0.5) is 11.4 Å². The molecule has 146 valence electrons. The summed E-state index contributed by atoms with van der Waals surface area (Å²) in [6.07, 6.45) is 0.180. The quantitative estimate of drug-likeness (QED) is 0.806. The number of nitrogens with one attached hydrogen (secondary N) is 1. The largest absolute Gasteiger partial charge is 0.462 e. The van der Waals surface area contributed by atoms with Crippen LogP contribution in [0, 0.1) is 19.8 Å². The SMILES string of the molecule is CCOC(=O)c1ccc(NC(=O)[C@H]2CC(=O)N(c3ccc(C)c(C)c3)C2)cc1. The number of hydrogen-bond donors (Lipinski definition) is 1. The number of amides is 2. The van der Waals surface area contributed by atoms with Gasteiger partial charge in [0, 0.05) is 24.3 Å². The molecule has 0 radical (unpaired) electrons. The minimum absolute atomic E-state index is 0.0546. The van der Waals surface area contributed by atoms with Crippen molar-refractivity contribution in [3.05, 3.63) is 59.2 Å². The van der Waals surface area contributed by atoms with Gasteiger partial charge in [-0.3, -0.25) is 9.59 Å². The van der Waals surface area contributed by atoms with Crippen LogP contribution in [0.2, 0.25) is 0 Å². The normalized spacial score (nSPS) is 16.2. The summed E-state index contributed by atoms with van der Waals surface area (Å²) in [5, 5.41) is 2.83. The molecule has 1 fully saturated rings. The van der Waals surface area contributed by atoms with Gasteiger partial charge >= 0.3 is 5.97 Å². The highest BCUT2D eigenvalue weighted by atomic mass is 16.5. The number of aryl methyl sites for hydroxylation is 2. The molecule has 1 N–H and O–H groups in total. The molecule has 1 aliphatic heterocycles. The van der Waals surface area contributed by atoms with Crippen LogP contribution in [0.15, 0.2) is 42.5 Å². The second-order valence-corrected chi connectivity index (χ2v) is 6.96. The van der Waals surface area contributed by atoms with Crippen LogP contribution in [0.25, 0.3) is 0 Å². The van der Waals surface area contributed by atoms with Crippen molar-refractivity contribution in [1.29, 1.82) is 0 Å². The second-order valence-electron chi connectivity index (χ2n) is 6.96. The fourth-order valence-electron chi connectivity index (χ4n) is 3.17. The number of benzene rings is 2. The molecule has 0 spiro atoms. The van der Waals surface area contributed by atoms with Crippen LogP contribution in [0.3, 0.4) is 0 Å². The Kier molecular flexibility index (Phi) is 5.78. The van der Waals surface area contributed by atoms with E-state index >= 15 is 0 Å². The van der Waals surface area contributed by atoms with Crippen molar-refractivity contribution in [3.63, 3.8) is 0 Å².